The predicted molar refractivity (Wildman–Crippen MR) is 133 cm³/mol. The molecule has 0 bridgehead atoms. The SMILES string of the molecule is CCCCCCCCCCOC(=O)C1CCC(C(=O)OCCCCCCCCCC)C(=O)C1. The average Bonchev–Trinajstić information content (AvgIpc) is 2.81. The zero-order valence-corrected chi connectivity index (χ0v) is 21.5. The summed E-state index contributed by atoms with van der Waals surface area (Å²) in [7, 11) is 0. The topological polar surface area (TPSA) is 69.7 Å². The quantitative estimate of drug-likeness (QED) is 0.107. The highest BCUT2D eigenvalue weighted by atomic mass is 16.5. The van der Waals surface area contributed by atoms with Crippen LogP contribution in [0.1, 0.15) is 136 Å². The summed E-state index contributed by atoms with van der Waals surface area (Å²) >= 11 is 0. The Morgan fingerprint density at radius 2 is 1.06 bits per heavy atom. The molecule has 1 rings (SSSR count). The van der Waals surface area contributed by atoms with Crippen molar-refractivity contribution in [2.45, 2.75) is 136 Å². The molecule has 0 saturated heterocycles. The van der Waals surface area contributed by atoms with Gasteiger partial charge in [0.05, 0.1) is 19.1 Å². The maximum Gasteiger partial charge on any atom is 0.316 e. The van der Waals surface area contributed by atoms with Crippen molar-refractivity contribution in [3.63, 3.8) is 0 Å². The second-order valence-electron chi connectivity index (χ2n) is 9.78. The van der Waals surface area contributed by atoms with Crippen LogP contribution in [0.2, 0.25) is 0 Å². The number of esters is 2. The third kappa shape index (κ3) is 14.5. The fourth-order valence-electron chi connectivity index (χ4n) is 4.50. The van der Waals surface area contributed by atoms with Gasteiger partial charge in [0.1, 0.15) is 11.7 Å². The van der Waals surface area contributed by atoms with E-state index in [1.807, 2.05) is 0 Å². The van der Waals surface area contributed by atoms with E-state index in [-0.39, 0.29) is 18.2 Å². The zero-order valence-electron chi connectivity index (χ0n) is 21.5. The minimum Gasteiger partial charge on any atom is -0.465 e. The first kappa shape index (κ1) is 29.6. The molecule has 0 aromatic rings. The van der Waals surface area contributed by atoms with Gasteiger partial charge in [-0.3, -0.25) is 14.4 Å². The van der Waals surface area contributed by atoms with Crippen molar-refractivity contribution in [3.05, 3.63) is 0 Å². The molecule has 0 radical (unpaired) electrons. The number of Topliss-reactive ketones (excluding diaryl/α,β-unsaturated/α-hetero) is 1. The van der Waals surface area contributed by atoms with Crippen molar-refractivity contribution in [1.82, 2.24) is 0 Å². The van der Waals surface area contributed by atoms with Crippen LogP contribution in [0.4, 0.5) is 0 Å². The van der Waals surface area contributed by atoms with Gasteiger partial charge in [-0.2, -0.15) is 0 Å². The second kappa shape index (κ2) is 20.0. The Kier molecular flexibility index (Phi) is 18.0. The number of ketones is 1. The second-order valence-corrected chi connectivity index (χ2v) is 9.78. The number of rotatable bonds is 20. The van der Waals surface area contributed by atoms with Gasteiger partial charge >= 0.3 is 11.9 Å². The van der Waals surface area contributed by atoms with Gasteiger partial charge in [0.15, 0.2) is 0 Å². The molecule has 2 unspecified atom stereocenters. The lowest BCUT2D eigenvalue weighted by molar-refractivity contribution is -0.159. The van der Waals surface area contributed by atoms with Gasteiger partial charge in [-0.15, -0.1) is 0 Å². The molecular formula is C28H50O5. The van der Waals surface area contributed by atoms with E-state index >= 15 is 0 Å². The third-order valence-corrected chi connectivity index (χ3v) is 6.74. The van der Waals surface area contributed by atoms with Crippen molar-refractivity contribution in [2.24, 2.45) is 11.8 Å². The van der Waals surface area contributed by atoms with Crippen LogP contribution >= 0.6 is 0 Å². The highest BCUT2D eigenvalue weighted by Crippen LogP contribution is 2.28. The van der Waals surface area contributed by atoms with E-state index in [9.17, 15) is 14.4 Å². The van der Waals surface area contributed by atoms with Crippen molar-refractivity contribution in [2.75, 3.05) is 13.2 Å². The van der Waals surface area contributed by atoms with Crippen LogP contribution in [0.5, 0.6) is 0 Å². The highest BCUT2D eigenvalue weighted by molar-refractivity contribution is 6.01. The first-order chi connectivity index (χ1) is 16.1. The van der Waals surface area contributed by atoms with E-state index in [0.717, 1.165) is 25.7 Å². The van der Waals surface area contributed by atoms with Crippen LogP contribution in [0.3, 0.4) is 0 Å². The van der Waals surface area contributed by atoms with E-state index in [1.54, 1.807) is 0 Å². The summed E-state index contributed by atoms with van der Waals surface area (Å²) in [4.78, 5) is 37.0. The lowest BCUT2D eigenvalue weighted by Crippen LogP contribution is -2.35. The molecule has 2 atom stereocenters. The third-order valence-electron chi connectivity index (χ3n) is 6.74. The smallest absolute Gasteiger partial charge is 0.316 e. The molecule has 33 heavy (non-hydrogen) atoms. The number of carbonyl (C=O) groups is 3. The first-order valence-electron chi connectivity index (χ1n) is 14.0. The standard InChI is InChI=1S/C28H50O5/c1-3-5-7-9-11-13-15-17-21-32-27(30)24-19-20-25(26(29)23-24)28(31)33-22-18-16-14-12-10-8-6-4-2/h24-25H,3-23H2,1-2H3. The van der Waals surface area contributed by atoms with Crippen LogP contribution in [-0.2, 0) is 23.9 Å². The fraction of sp³-hybridized carbons (Fsp3) is 0.893. The summed E-state index contributed by atoms with van der Waals surface area (Å²) < 4.78 is 10.7. The normalized spacial score (nSPS) is 18.3. The largest absolute Gasteiger partial charge is 0.465 e. The Hall–Kier alpha value is -1.39. The van der Waals surface area contributed by atoms with Gasteiger partial charge in [-0.05, 0) is 25.7 Å². The molecule has 1 aliphatic carbocycles. The Morgan fingerprint density at radius 1 is 0.636 bits per heavy atom. The molecule has 1 aliphatic rings. The summed E-state index contributed by atoms with van der Waals surface area (Å²) in [6.07, 6.45) is 20.1. The molecule has 5 nitrogen and oxygen atoms in total. The molecule has 0 spiro atoms. The number of ether oxygens (including phenoxy) is 2. The van der Waals surface area contributed by atoms with Crippen LogP contribution in [0, 0.1) is 11.8 Å². The van der Waals surface area contributed by atoms with Crippen LogP contribution < -0.4 is 0 Å². The fourth-order valence-corrected chi connectivity index (χ4v) is 4.50. The van der Waals surface area contributed by atoms with Gasteiger partial charge < -0.3 is 9.47 Å². The molecule has 192 valence electrons. The average molecular weight is 467 g/mol. The van der Waals surface area contributed by atoms with E-state index in [0.29, 0.717) is 26.1 Å². The van der Waals surface area contributed by atoms with E-state index in [2.05, 4.69) is 13.8 Å². The lowest BCUT2D eigenvalue weighted by atomic mass is 9.81. The van der Waals surface area contributed by atoms with Gasteiger partial charge in [-0.1, -0.05) is 104 Å². The van der Waals surface area contributed by atoms with Gasteiger partial charge in [0.2, 0.25) is 0 Å². The first-order valence-corrected chi connectivity index (χ1v) is 14.0. The summed E-state index contributed by atoms with van der Waals surface area (Å²) in [5, 5.41) is 0. The van der Waals surface area contributed by atoms with Gasteiger partial charge in [0.25, 0.3) is 0 Å². The minimum absolute atomic E-state index is 0.105. The number of carbonyl (C=O) groups excluding carboxylic acids is 3. The summed E-state index contributed by atoms with van der Waals surface area (Å²) in [5.41, 5.74) is 0. The van der Waals surface area contributed by atoms with E-state index in [4.69, 9.17) is 9.47 Å². The lowest BCUT2D eigenvalue weighted by Gasteiger charge is -2.25. The Labute approximate surface area is 202 Å². The van der Waals surface area contributed by atoms with Crippen LogP contribution in [-0.4, -0.2) is 30.9 Å². The summed E-state index contributed by atoms with van der Waals surface area (Å²) in [6, 6.07) is 0. The van der Waals surface area contributed by atoms with Gasteiger partial charge in [-0.25, -0.2) is 0 Å². The number of hydrogen-bond acceptors (Lipinski definition) is 5. The summed E-state index contributed by atoms with van der Waals surface area (Å²) in [6.45, 7) is 5.26. The monoisotopic (exact) mass is 466 g/mol. The molecule has 0 aromatic carbocycles. The summed E-state index contributed by atoms with van der Waals surface area (Å²) in [5.74, 6) is -1.96. The van der Waals surface area contributed by atoms with Crippen molar-refractivity contribution in [3.8, 4) is 0 Å². The Morgan fingerprint density at radius 3 is 1.52 bits per heavy atom. The molecule has 5 heteroatoms. The zero-order chi connectivity index (χ0) is 24.2. The highest BCUT2D eigenvalue weighted by Gasteiger charge is 2.37. The molecule has 0 aromatic heterocycles. The Bertz CT molecular complexity index is 530. The maximum absolute atomic E-state index is 12.4. The molecule has 0 aliphatic heterocycles. The van der Waals surface area contributed by atoms with Crippen molar-refractivity contribution >= 4 is 17.7 Å². The molecule has 1 fully saturated rings. The van der Waals surface area contributed by atoms with Crippen molar-refractivity contribution < 1.29 is 23.9 Å². The van der Waals surface area contributed by atoms with Crippen LogP contribution in [0.25, 0.3) is 0 Å². The predicted octanol–water partition coefficient (Wildman–Crippen LogP) is 7.34. The molecule has 0 amide bonds. The van der Waals surface area contributed by atoms with Gasteiger partial charge in [0, 0.05) is 6.42 Å². The molecule has 0 heterocycles. The molecule has 0 N–H and O–H groups in total. The maximum atomic E-state index is 12.4. The van der Waals surface area contributed by atoms with Crippen molar-refractivity contribution in [1.29, 1.82) is 0 Å². The number of unbranched alkanes of at least 4 members (excludes halogenated alkanes) is 14. The van der Waals surface area contributed by atoms with E-state index < -0.39 is 17.8 Å². The molecular weight excluding hydrogens is 416 g/mol. The Balaban J connectivity index is 2.07. The number of hydrogen-bond donors (Lipinski definition) is 0. The molecule has 1 saturated carbocycles. The minimum atomic E-state index is -0.698. The van der Waals surface area contributed by atoms with E-state index in [1.165, 1.54) is 77.0 Å². The van der Waals surface area contributed by atoms with Crippen LogP contribution in [0.15, 0.2) is 0 Å².